The first-order chi connectivity index (χ1) is 22.8. The van der Waals surface area contributed by atoms with Crippen molar-refractivity contribution in [2.24, 2.45) is 0 Å². The molecule has 0 saturated heterocycles. The van der Waals surface area contributed by atoms with Gasteiger partial charge in [0.1, 0.15) is 0 Å². The fourth-order valence-electron chi connectivity index (χ4n) is 7.06. The van der Waals surface area contributed by atoms with Crippen molar-refractivity contribution in [3.05, 3.63) is 169 Å². The minimum absolute atomic E-state index is 0.639. The predicted octanol–water partition coefficient (Wildman–Crippen LogP) is 11.1. The van der Waals surface area contributed by atoms with Crippen LogP contribution in [0.2, 0.25) is 0 Å². The molecule has 0 aliphatic heterocycles. The van der Waals surface area contributed by atoms with Crippen molar-refractivity contribution in [2.75, 3.05) is 0 Å². The summed E-state index contributed by atoms with van der Waals surface area (Å²) in [5.74, 6) is 0. The molecule has 0 spiro atoms. The van der Waals surface area contributed by atoms with Crippen molar-refractivity contribution in [3.63, 3.8) is 0 Å². The molecule has 0 fully saturated rings. The molecule has 0 aliphatic rings. The van der Waals surface area contributed by atoms with Crippen molar-refractivity contribution in [1.82, 2.24) is 9.13 Å². The van der Waals surface area contributed by atoms with Crippen LogP contribution in [0.5, 0.6) is 0 Å². The van der Waals surface area contributed by atoms with Crippen molar-refractivity contribution >= 4 is 43.6 Å². The van der Waals surface area contributed by atoms with E-state index in [9.17, 15) is 5.26 Å². The van der Waals surface area contributed by atoms with Crippen molar-refractivity contribution in [1.29, 1.82) is 5.26 Å². The highest BCUT2D eigenvalue weighted by molar-refractivity contribution is 6.10. The molecule has 7 aromatic carbocycles. The summed E-state index contributed by atoms with van der Waals surface area (Å²) in [5, 5.41) is 14.8. The van der Waals surface area contributed by atoms with Crippen molar-refractivity contribution in [3.8, 4) is 39.7 Å². The van der Waals surface area contributed by atoms with Gasteiger partial charge in [-0.25, -0.2) is 0 Å². The summed E-state index contributed by atoms with van der Waals surface area (Å²) in [6.45, 7) is 0. The van der Waals surface area contributed by atoms with Crippen LogP contribution in [0.3, 0.4) is 0 Å². The normalized spacial score (nSPS) is 11.5. The monoisotopic (exact) mass is 585 g/mol. The SMILES string of the molecule is N#Cc1ccc(-c2ccc(-c3ccc(-n4c5ccccc5c5ccccc54)cc3)cc2)c(-n2c3ccccc3c3ccccc32)c1. The lowest BCUT2D eigenvalue weighted by Crippen LogP contribution is -1.98. The Morgan fingerprint density at radius 2 is 0.804 bits per heavy atom. The minimum Gasteiger partial charge on any atom is -0.309 e. The summed E-state index contributed by atoms with van der Waals surface area (Å²) in [4.78, 5) is 0. The van der Waals surface area contributed by atoms with E-state index in [4.69, 9.17) is 0 Å². The highest BCUT2D eigenvalue weighted by Crippen LogP contribution is 2.37. The Labute approximate surface area is 266 Å². The predicted molar refractivity (Wildman–Crippen MR) is 191 cm³/mol. The van der Waals surface area contributed by atoms with Gasteiger partial charge in [0.15, 0.2) is 0 Å². The van der Waals surface area contributed by atoms with Crippen LogP contribution in [0.4, 0.5) is 0 Å². The van der Waals surface area contributed by atoms with Crippen LogP contribution < -0.4 is 0 Å². The molecule has 46 heavy (non-hydrogen) atoms. The second kappa shape index (κ2) is 10.4. The molecule has 3 nitrogen and oxygen atoms in total. The lowest BCUT2D eigenvalue weighted by molar-refractivity contribution is 1.18. The molecule has 3 heteroatoms. The van der Waals surface area contributed by atoms with E-state index in [1.54, 1.807) is 0 Å². The number of hydrogen-bond acceptors (Lipinski definition) is 1. The molecule has 0 aliphatic carbocycles. The third-order valence-corrected chi connectivity index (χ3v) is 9.18. The first-order valence-corrected chi connectivity index (χ1v) is 15.5. The number of nitriles is 1. The molecule has 0 radical (unpaired) electrons. The quantitative estimate of drug-likeness (QED) is 0.202. The molecule has 0 bridgehead atoms. The van der Waals surface area contributed by atoms with Gasteiger partial charge >= 0.3 is 0 Å². The molecule has 0 amide bonds. The third kappa shape index (κ3) is 3.98. The summed E-state index contributed by atoms with van der Waals surface area (Å²) in [5.41, 5.74) is 12.0. The van der Waals surface area contributed by atoms with Gasteiger partial charge in [0.2, 0.25) is 0 Å². The molecular formula is C43H27N3. The fraction of sp³-hybridized carbons (Fsp3) is 0. The van der Waals surface area contributed by atoms with Gasteiger partial charge in [0.25, 0.3) is 0 Å². The summed E-state index contributed by atoms with van der Waals surface area (Å²) in [7, 11) is 0. The molecule has 0 atom stereocenters. The molecule has 2 aromatic heterocycles. The molecule has 9 aromatic rings. The summed E-state index contributed by atoms with van der Waals surface area (Å²) < 4.78 is 4.64. The Morgan fingerprint density at radius 1 is 0.391 bits per heavy atom. The number of aromatic nitrogens is 2. The van der Waals surface area contributed by atoms with E-state index in [-0.39, 0.29) is 0 Å². The van der Waals surface area contributed by atoms with E-state index in [2.05, 4.69) is 167 Å². The zero-order chi connectivity index (χ0) is 30.6. The van der Waals surface area contributed by atoms with E-state index in [0.29, 0.717) is 5.56 Å². The molecule has 0 N–H and O–H groups in total. The van der Waals surface area contributed by atoms with Gasteiger partial charge in [-0.1, -0.05) is 115 Å². The average Bonchev–Trinajstić information content (AvgIpc) is 3.65. The smallest absolute Gasteiger partial charge is 0.0992 e. The van der Waals surface area contributed by atoms with Gasteiger partial charge in [0.05, 0.1) is 39.4 Å². The fourth-order valence-corrected chi connectivity index (χ4v) is 7.06. The highest BCUT2D eigenvalue weighted by Gasteiger charge is 2.16. The highest BCUT2D eigenvalue weighted by atomic mass is 15.0. The summed E-state index contributed by atoms with van der Waals surface area (Å²) in [6.07, 6.45) is 0. The number of fused-ring (bicyclic) bond motifs is 6. The summed E-state index contributed by atoms with van der Waals surface area (Å²) >= 11 is 0. The second-order valence-electron chi connectivity index (χ2n) is 11.7. The Balaban J connectivity index is 1.12. The van der Waals surface area contributed by atoms with Crippen LogP contribution in [-0.2, 0) is 0 Å². The van der Waals surface area contributed by atoms with Gasteiger partial charge in [-0.3, -0.25) is 0 Å². The van der Waals surface area contributed by atoms with Gasteiger partial charge in [0, 0.05) is 32.8 Å². The number of nitrogens with zero attached hydrogens (tertiary/aromatic N) is 3. The van der Waals surface area contributed by atoms with Crippen LogP contribution in [-0.4, -0.2) is 9.13 Å². The number of benzene rings is 7. The van der Waals surface area contributed by atoms with Crippen LogP contribution >= 0.6 is 0 Å². The lowest BCUT2D eigenvalue weighted by Gasteiger charge is -2.15. The van der Waals surface area contributed by atoms with E-state index >= 15 is 0 Å². The minimum atomic E-state index is 0.639. The molecule has 9 rings (SSSR count). The van der Waals surface area contributed by atoms with E-state index in [1.807, 2.05) is 12.1 Å². The maximum absolute atomic E-state index is 9.83. The average molecular weight is 586 g/mol. The van der Waals surface area contributed by atoms with E-state index < -0.39 is 0 Å². The van der Waals surface area contributed by atoms with Gasteiger partial charge < -0.3 is 9.13 Å². The first kappa shape index (κ1) is 26.1. The zero-order valence-corrected chi connectivity index (χ0v) is 24.9. The number of rotatable bonds is 4. The van der Waals surface area contributed by atoms with E-state index in [0.717, 1.165) is 39.1 Å². The molecule has 214 valence electrons. The van der Waals surface area contributed by atoms with E-state index in [1.165, 1.54) is 38.1 Å². The molecule has 0 saturated carbocycles. The Bertz CT molecular complexity index is 2520. The Kier molecular flexibility index (Phi) is 5.88. The molecular weight excluding hydrogens is 558 g/mol. The zero-order valence-electron chi connectivity index (χ0n) is 24.9. The number of para-hydroxylation sites is 4. The Hall–Kier alpha value is -6.37. The Morgan fingerprint density at radius 3 is 1.28 bits per heavy atom. The topological polar surface area (TPSA) is 33.6 Å². The maximum Gasteiger partial charge on any atom is 0.0992 e. The second-order valence-corrected chi connectivity index (χ2v) is 11.7. The number of hydrogen-bond donors (Lipinski definition) is 0. The molecule has 2 heterocycles. The van der Waals surface area contributed by atoms with Crippen molar-refractivity contribution < 1.29 is 0 Å². The van der Waals surface area contributed by atoms with Crippen LogP contribution in [0.25, 0.3) is 77.2 Å². The van der Waals surface area contributed by atoms with Crippen LogP contribution in [0.15, 0.2) is 164 Å². The van der Waals surface area contributed by atoms with Gasteiger partial charge in [-0.2, -0.15) is 5.26 Å². The molecule has 0 unspecified atom stereocenters. The maximum atomic E-state index is 9.83. The largest absolute Gasteiger partial charge is 0.309 e. The first-order valence-electron chi connectivity index (χ1n) is 15.5. The van der Waals surface area contributed by atoms with Gasteiger partial charge in [-0.05, 0) is 65.2 Å². The third-order valence-electron chi connectivity index (χ3n) is 9.18. The van der Waals surface area contributed by atoms with Gasteiger partial charge in [-0.15, -0.1) is 0 Å². The van der Waals surface area contributed by atoms with Crippen LogP contribution in [0.1, 0.15) is 5.56 Å². The van der Waals surface area contributed by atoms with Crippen LogP contribution in [0, 0.1) is 11.3 Å². The summed E-state index contributed by atoms with van der Waals surface area (Å²) in [6, 6.07) is 60.1. The van der Waals surface area contributed by atoms with Crippen molar-refractivity contribution in [2.45, 2.75) is 0 Å². The standard InChI is InChI=1S/C43H27N3/c44-28-29-17-26-34(43(27-29)46-41-15-7-3-11-37(41)38-12-4-8-16-42(38)46)32-20-18-30(19-21-32)31-22-24-33(25-23-31)45-39-13-5-1-9-35(39)36-10-2-6-14-40(36)45/h1-27H. The lowest BCUT2D eigenvalue weighted by atomic mass is 9.98.